The minimum absolute atomic E-state index is 0. The maximum absolute atomic E-state index is 12.3. The van der Waals surface area contributed by atoms with Gasteiger partial charge in [0.25, 0.3) is 0 Å². The highest BCUT2D eigenvalue weighted by Crippen LogP contribution is 2.11. The summed E-state index contributed by atoms with van der Waals surface area (Å²) in [6.45, 7) is 3.82. The van der Waals surface area contributed by atoms with E-state index in [0.717, 1.165) is 25.5 Å². The summed E-state index contributed by atoms with van der Waals surface area (Å²) in [7, 11) is -1.32. The minimum Gasteiger partial charge on any atom is -0.357 e. The largest absolute Gasteiger partial charge is 0.357 e. The molecule has 0 aliphatic carbocycles. The van der Waals surface area contributed by atoms with E-state index in [2.05, 4.69) is 21.8 Å². The molecule has 0 radical (unpaired) electrons. The normalized spacial score (nSPS) is 11.7. The van der Waals surface area contributed by atoms with Crippen molar-refractivity contribution in [3.05, 3.63) is 52.7 Å². The molecule has 144 valence electrons. The number of hydrogen-bond acceptors (Lipinski definition) is 4. The summed E-state index contributed by atoms with van der Waals surface area (Å²) in [5.41, 5.74) is 0. The second-order valence-electron chi connectivity index (χ2n) is 5.62. The number of nitrogens with zero attached hydrogens (tertiary/aromatic N) is 2. The number of sulfone groups is 1. The number of halogens is 1. The van der Waals surface area contributed by atoms with Gasteiger partial charge in [0.2, 0.25) is 0 Å². The molecule has 1 aromatic carbocycles. The van der Waals surface area contributed by atoms with Gasteiger partial charge in [-0.25, -0.2) is 8.42 Å². The van der Waals surface area contributed by atoms with Gasteiger partial charge in [-0.3, -0.25) is 4.99 Å². The molecular weight excluding hydrogens is 481 g/mol. The van der Waals surface area contributed by atoms with Crippen LogP contribution in [0.15, 0.2) is 57.7 Å². The Balaban J connectivity index is 0.00000338. The first-order chi connectivity index (χ1) is 12.0. The summed E-state index contributed by atoms with van der Waals surface area (Å²) < 4.78 is 24.6. The van der Waals surface area contributed by atoms with Crippen molar-refractivity contribution in [1.29, 1.82) is 0 Å². The van der Waals surface area contributed by atoms with Crippen molar-refractivity contribution in [3.8, 4) is 0 Å². The molecule has 5 nitrogen and oxygen atoms in total. The molecule has 0 aliphatic rings. The van der Waals surface area contributed by atoms with Gasteiger partial charge < -0.3 is 10.2 Å². The lowest BCUT2D eigenvalue weighted by Gasteiger charge is -2.21. The average Bonchev–Trinajstić information content (AvgIpc) is 3.13. The Kier molecular flexibility index (Phi) is 10.2. The molecule has 1 heterocycles. The Morgan fingerprint density at radius 2 is 1.92 bits per heavy atom. The first-order valence-corrected chi connectivity index (χ1v) is 10.9. The van der Waals surface area contributed by atoms with E-state index in [4.69, 9.17) is 0 Å². The topological polar surface area (TPSA) is 61.8 Å². The summed E-state index contributed by atoms with van der Waals surface area (Å²) in [6.07, 6.45) is 0.945. The van der Waals surface area contributed by atoms with Crippen LogP contribution in [0.25, 0.3) is 0 Å². The average molecular weight is 507 g/mol. The SMILES string of the molecule is CCNC(=NCCS(=O)(=O)c1ccccc1)N(C)CCc1cccs1.I. The third-order valence-electron chi connectivity index (χ3n) is 3.69. The second kappa shape index (κ2) is 11.6. The summed E-state index contributed by atoms with van der Waals surface area (Å²) >= 11 is 1.74. The molecule has 0 spiro atoms. The number of guanidine groups is 1. The molecule has 2 rings (SSSR count). The third-order valence-corrected chi connectivity index (χ3v) is 6.34. The van der Waals surface area contributed by atoms with Gasteiger partial charge in [-0.2, -0.15) is 0 Å². The first-order valence-electron chi connectivity index (χ1n) is 8.32. The Morgan fingerprint density at radius 1 is 1.19 bits per heavy atom. The van der Waals surface area contributed by atoms with Gasteiger partial charge in [-0.05, 0) is 36.9 Å². The molecule has 2 aromatic rings. The number of nitrogens with one attached hydrogen (secondary N) is 1. The molecule has 0 fully saturated rings. The fourth-order valence-corrected chi connectivity index (χ4v) is 4.16. The summed E-state index contributed by atoms with van der Waals surface area (Å²) in [6, 6.07) is 12.7. The fraction of sp³-hybridized carbons (Fsp3) is 0.389. The maximum atomic E-state index is 12.3. The van der Waals surface area contributed by atoms with Gasteiger partial charge >= 0.3 is 0 Å². The molecule has 0 unspecified atom stereocenters. The van der Waals surface area contributed by atoms with Crippen LogP contribution >= 0.6 is 35.3 Å². The van der Waals surface area contributed by atoms with E-state index >= 15 is 0 Å². The highest BCUT2D eigenvalue weighted by Gasteiger charge is 2.14. The molecular formula is C18H26IN3O2S2. The predicted molar refractivity (Wildman–Crippen MR) is 121 cm³/mol. The Hall–Kier alpha value is -1.13. The van der Waals surface area contributed by atoms with E-state index in [1.807, 2.05) is 31.0 Å². The molecule has 1 aromatic heterocycles. The second-order valence-corrected chi connectivity index (χ2v) is 8.76. The third kappa shape index (κ3) is 7.24. The van der Waals surface area contributed by atoms with E-state index in [1.54, 1.807) is 35.6 Å². The number of thiophene rings is 1. The Bertz CT molecular complexity index is 763. The Labute approximate surface area is 177 Å². The van der Waals surface area contributed by atoms with Crippen LogP contribution in [0.2, 0.25) is 0 Å². The van der Waals surface area contributed by atoms with E-state index in [1.165, 1.54) is 4.88 Å². The van der Waals surface area contributed by atoms with Crippen LogP contribution in [0.4, 0.5) is 0 Å². The van der Waals surface area contributed by atoms with Gasteiger partial charge in [0.1, 0.15) is 0 Å². The molecule has 1 N–H and O–H groups in total. The molecule has 0 saturated carbocycles. The van der Waals surface area contributed by atoms with E-state index < -0.39 is 9.84 Å². The van der Waals surface area contributed by atoms with Crippen molar-refractivity contribution in [2.75, 3.05) is 32.4 Å². The van der Waals surface area contributed by atoms with Crippen molar-refractivity contribution >= 4 is 51.1 Å². The summed E-state index contributed by atoms with van der Waals surface area (Å²) in [5.74, 6) is 0.743. The quantitative estimate of drug-likeness (QED) is 0.339. The number of hydrogen-bond donors (Lipinski definition) is 1. The zero-order valence-electron chi connectivity index (χ0n) is 15.1. The zero-order chi connectivity index (χ0) is 18.1. The van der Waals surface area contributed by atoms with Crippen molar-refractivity contribution in [2.24, 2.45) is 4.99 Å². The molecule has 0 atom stereocenters. The van der Waals surface area contributed by atoms with Crippen molar-refractivity contribution in [2.45, 2.75) is 18.2 Å². The van der Waals surface area contributed by atoms with E-state index in [-0.39, 0.29) is 36.3 Å². The van der Waals surface area contributed by atoms with Crippen molar-refractivity contribution < 1.29 is 8.42 Å². The minimum atomic E-state index is -3.30. The number of likely N-dealkylation sites (N-methyl/N-ethyl adjacent to an activating group) is 1. The highest BCUT2D eigenvalue weighted by molar-refractivity contribution is 14.0. The van der Waals surface area contributed by atoms with Crippen LogP contribution < -0.4 is 5.32 Å². The highest BCUT2D eigenvalue weighted by atomic mass is 127. The number of aliphatic imine (C=N–C) groups is 1. The van der Waals surface area contributed by atoms with Gasteiger partial charge in [-0.1, -0.05) is 24.3 Å². The van der Waals surface area contributed by atoms with Crippen LogP contribution in [-0.4, -0.2) is 51.7 Å². The Morgan fingerprint density at radius 3 is 2.54 bits per heavy atom. The van der Waals surface area contributed by atoms with Gasteiger partial charge in [0.15, 0.2) is 15.8 Å². The maximum Gasteiger partial charge on any atom is 0.193 e. The zero-order valence-corrected chi connectivity index (χ0v) is 19.1. The lowest BCUT2D eigenvalue weighted by Crippen LogP contribution is -2.40. The molecule has 0 saturated heterocycles. The molecule has 26 heavy (non-hydrogen) atoms. The lowest BCUT2D eigenvalue weighted by molar-refractivity contribution is 0.487. The fourth-order valence-electron chi connectivity index (χ4n) is 2.33. The standard InChI is InChI=1S/C18H25N3O2S2.HI/c1-3-19-18(21(2)13-11-16-8-7-14-24-16)20-12-15-25(22,23)17-9-5-4-6-10-17;/h4-10,14H,3,11-13,15H2,1-2H3,(H,19,20);1H. The van der Waals surface area contributed by atoms with Crippen LogP contribution in [0, 0.1) is 0 Å². The molecule has 0 amide bonds. The first kappa shape index (κ1) is 22.9. The number of rotatable bonds is 8. The monoisotopic (exact) mass is 507 g/mol. The van der Waals surface area contributed by atoms with Crippen molar-refractivity contribution in [1.82, 2.24) is 10.2 Å². The summed E-state index contributed by atoms with van der Waals surface area (Å²) in [5, 5.41) is 5.30. The van der Waals surface area contributed by atoms with Crippen LogP contribution in [0.1, 0.15) is 11.8 Å². The van der Waals surface area contributed by atoms with Crippen LogP contribution in [-0.2, 0) is 16.3 Å². The van der Waals surface area contributed by atoms with Crippen LogP contribution in [0.3, 0.4) is 0 Å². The van der Waals surface area contributed by atoms with Crippen molar-refractivity contribution in [3.63, 3.8) is 0 Å². The predicted octanol–water partition coefficient (Wildman–Crippen LogP) is 3.28. The van der Waals surface area contributed by atoms with Gasteiger partial charge in [-0.15, -0.1) is 35.3 Å². The molecule has 0 aliphatic heterocycles. The van der Waals surface area contributed by atoms with E-state index in [9.17, 15) is 8.42 Å². The molecule has 0 bridgehead atoms. The van der Waals surface area contributed by atoms with Gasteiger partial charge in [0, 0.05) is 25.0 Å². The van der Waals surface area contributed by atoms with Gasteiger partial charge in [0.05, 0.1) is 17.2 Å². The molecule has 8 heteroatoms. The van der Waals surface area contributed by atoms with E-state index in [0.29, 0.717) is 4.90 Å². The number of benzene rings is 1. The van der Waals surface area contributed by atoms with Crippen LogP contribution in [0.5, 0.6) is 0 Å². The lowest BCUT2D eigenvalue weighted by atomic mass is 10.3. The smallest absolute Gasteiger partial charge is 0.193 e. The summed E-state index contributed by atoms with van der Waals surface area (Å²) in [4.78, 5) is 8.20.